The van der Waals surface area contributed by atoms with E-state index in [1.54, 1.807) is 0 Å². The van der Waals surface area contributed by atoms with E-state index in [-0.39, 0.29) is 5.91 Å². The Bertz CT molecular complexity index is 1310. The van der Waals surface area contributed by atoms with E-state index in [0.29, 0.717) is 25.3 Å². The number of amides is 1. The quantitative estimate of drug-likeness (QED) is 0.398. The molecule has 1 fully saturated rings. The Kier molecular flexibility index (Phi) is 6.17. The van der Waals surface area contributed by atoms with Crippen molar-refractivity contribution in [2.45, 2.75) is 13.8 Å². The lowest BCUT2D eigenvalue weighted by molar-refractivity contribution is 0.0748. The summed E-state index contributed by atoms with van der Waals surface area (Å²) in [6.45, 7) is 7.56. The number of hydrogen-bond donors (Lipinski definition) is 0. The molecule has 34 heavy (non-hydrogen) atoms. The third kappa shape index (κ3) is 4.34. The smallest absolute Gasteiger partial charge is 0.254 e. The number of para-hydroxylation sites is 3. The third-order valence-corrected chi connectivity index (χ3v) is 6.37. The molecular formula is C29H29N3O2. The van der Waals surface area contributed by atoms with Crippen LogP contribution in [0.2, 0.25) is 0 Å². The first kappa shape index (κ1) is 22.0. The van der Waals surface area contributed by atoms with Crippen molar-refractivity contribution in [1.29, 1.82) is 0 Å². The zero-order chi connectivity index (χ0) is 23.5. The van der Waals surface area contributed by atoms with E-state index < -0.39 is 0 Å². The van der Waals surface area contributed by atoms with Crippen LogP contribution in [0.4, 0.5) is 5.69 Å². The average molecular weight is 452 g/mol. The van der Waals surface area contributed by atoms with Gasteiger partial charge in [-0.15, -0.1) is 0 Å². The van der Waals surface area contributed by atoms with E-state index in [0.717, 1.165) is 46.7 Å². The lowest BCUT2D eigenvalue weighted by Gasteiger charge is -2.37. The number of aryl methyl sites for hydroxylation is 1. The molecule has 0 saturated carbocycles. The first-order valence-electron chi connectivity index (χ1n) is 11.9. The van der Waals surface area contributed by atoms with Gasteiger partial charge in [0.2, 0.25) is 0 Å². The molecule has 5 rings (SSSR count). The molecular weight excluding hydrogens is 422 g/mol. The van der Waals surface area contributed by atoms with Gasteiger partial charge in [-0.25, -0.2) is 4.98 Å². The zero-order valence-electron chi connectivity index (χ0n) is 19.7. The molecule has 5 heteroatoms. The zero-order valence-corrected chi connectivity index (χ0v) is 19.7. The number of nitrogens with zero attached hydrogens (tertiary/aromatic N) is 3. The van der Waals surface area contributed by atoms with Gasteiger partial charge in [0.1, 0.15) is 5.75 Å². The molecule has 1 aromatic heterocycles. The van der Waals surface area contributed by atoms with Gasteiger partial charge in [-0.1, -0.05) is 60.2 Å². The highest BCUT2D eigenvalue weighted by Crippen LogP contribution is 2.30. The Morgan fingerprint density at radius 2 is 1.62 bits per heavy atom. The number of carbonyl (C=O) groups is 1. The van der Waals surface area contributed by atoms with Gasteiger partial charge in [0.15, 0.2) is 0 Å². The van der Waals surface area contributed by atoms with Gasteiger partial charge in [0, 0.05) is 37.1 Å². The van der Waals surface area contributed by atoms with Gasteiger partial charge in [0.05, 0.1) is 29.1 Å². The summed E-state index contributed by atoms with van der Waals surface area (Å²) in [5, 5.41) is 0.896. The summed E-state index contributed by atoms with van der Waals surface area (Å²) in [6.07, 6.45) is 0. The van der Waals surface area contributed by atoms with Crippen molar-refractivity contribution in [3.05, 3.63) is 90.0 Å². The summed E-state index contributed by atoms with van der Waals surface area (Å²) in [7, 11) is 0. The second-order valence-electron chi connectivity index (χ2n) is 8.62. The van der Waals surface area contributed by atoms with Crippen LogP contribution in [-0.2, 0) is 0 Å². The fourth-order valence-electron chi connectivity index (χ4n) is 4.54. The first-order valence-corrected chi connectivity index (χ1v) is 11.9. The number of benzene rings is 3. The Hall–Kier alpha value is -3.86. The molecule has 1 saturated heterocycles. The molecule has 0 bridgehead atoms. The highest BCUT2D eigenvalue weighted by atomic mass is 16.5. The number of ether oxygens (including phenoxy) is 1. The SMILES string of the molecule is CCOc1ccccc1N1CCN(C(=O)c2cc(-c3ccc(C)cc3)nc3ccccc23)CC1. The van der Waals surface area contributed by atoms with Crippen LogP contribution in [0.25, 0.3) is 22.2 Å². The second kappa shape index (κ2) is 9.56. The molecule has 0 spiro atoms. The topological polar surface area (TPSA) is 45.7 Å². The van der Waals surface area contributed by atoms with Gasteiger partial charge in [-0.2, -0.15) is 0 Å². The van der Waals surface area contributed by atoms with Crippen LogP contribution in [0.1, 0.15) is 22.8 Å². The minimum absolute atomic E-state index is 0.0599. The van der Waals surface area contributed by atoms with Gasteiger partial charge in [0.25, 0.3) is 5.91 Å². The van der Waals surface area contributed by atoms with Gasteiger partial charge in [-0.3, -0.25) is 4.79 Å². The normalized spacial score (nSPS) is 13.8. The number of fused-ring (bicyclic) bond motifs is 1. The van der Waals surface area contributed by atoms with Crippen LogP contribution in [0.3, 0.4) is 0 Å². The van der Waals surface area contributed by atoms with Crippen molar-refractivity contribution in [2.24, 2.45) is 0 Å². The highest BCUT2D eigenvalue weighted by Gasteiger charge is 2.25. The summed E-state index contributed by atoms with van der Waals surface area (Å²) in [5.41, 5.74) is 5.68. The Labute approximate surface area is 200 Å². The van der Waals surface area contributed by atoms with E-state index >= 15 is 0 Å². The van der Waals surface area contributed by atoms with Crippen LogP contribution in [0.5, 0.6) is 5.75 Å². The summed E-state index contributed by atoms with van der Waals surface area (Å²) in [6, 6.07) is 26.3. The fraction of sp³-hybridized carbons (Fsp3) is 0.241. The summed E-state index contributed by atoms with van der Waals surface area (Å²) < 4.78 is 5.82. The summed E-state index contributed by atoms with van der Waals surface area (Å²) >= 11 is 0. The lowest BCUT2D eigenvalue weighted by atomic mass is 10.0. The molecule has 172 valence electrons. The monoisotopic (exact) mass is 451 g/mol. The molecule has 0 atom stereocenters. The maximum absolute atomic E-state index is 13.7. The summed E-state index contributed by atoms with van der Waals surface area (Å²) in [5.74, 6) is 0.956. The number of aromatic nitrogens is 1. The van der Waals surface area contributed by atoms with E-state index in [2.05, 4.69) is 42.2 Å². The van der Waals surface area contributed by atoms with Crippen molar-refractivity contribution in [2.75, 3.05) is 37.7 Å². The lowest BCUT2D eigenvalue weighted by Crippen LogP contribution is -2.49. The molecule has 1 aliphatic heterocycles. The van der Waals surface area contributed by atoms with Gasteiger partial charge >= 0.3 is 0 Å². The molecule has 3 aromatic carbocycles. The van der Waals surface area contributed by atoms with Crippen LogP contribution in [0.15, 0.2) is 78.9 Å². The van der Waals surface area contributed by atoms with Gasteiger partial charge in [-0.05, 0) is 38.1 Å². The van der Waals surface area contributed by atoms with E-state index in [9.17, 15) is 4.79 Å². The standard InChI is InChI=1S/C29H29N3O2/c1-3-34-28-11-7-6-10-27(28)31-16-18-32(19-17-31)29(33)24-20-26(22-14-12-21(2)13-15-22)30-25-9-5-4-8-23(24)25/h4-15,20H,3,16-19H2,1-2H3. The highest BCUT2D eigenvalue weighted by molar-refractivity contribution is 6.07. The number of anilines is 1. The number of piperazine rings is 1. The maximum Gasteiger partial charge on any atom is 0.254 e. The Balaban J connectivity index is 1.41. The largest absolute Gasteiger partial charge is 0.492 e. The van der Waals surface area contributed by atoms with Crippen molar-refractivity contribution in [1.82, 2.24) is 9.88 Å². The van der Waals surface area contributed by atoms with Crippen molar-refractivity contribution < 1.29 is 9.53 Å². The predicted octanol–water partition coefficient (Wildman–Crippen LogP) is 5.57. The van der Waals surface area contributed by atoms with E-state index in [1.807, 2.05) is 60.4 Å². The molecule has 1 aliphatic rings. The molecule has 0 unspecified atom stereocenters. The minimum atomic E-state index is 0.0599. The Morgan fingerprint density at radius 3 is 2.38 bits per heavy atom. The number of rotatable bonds is 5. The molecule has 1 amide bonds. The molecule has 0 N–H and O–H groups in total. The molecule has 2 heterocycles. The van der Waals surface area contributed by atoms with E-state index in [4.69, 9.17) is 9.72 Å². The number of hydrogen-bond acceptors (Lipinski definition) is 4. The number of carbonyl (C=O) groups excluding carboxylic acids is 1. The second-order valence-corrected chi connectivity index (χ2v) is 8.62. The predicted molar refractivity (Wildman–Crippen MR) is 138 cm³/mol. The Morgan fingerprint density at radius 1 is 0.912 bits per heavy atom. The van der Waals surface area contributed by atoms with Crippen LogP contribution in [0, 0.1) is 6.92 Å². The van der Waals surface area contributed by atoms with Gasteiger partial charge < -0.3 is 14.5 Å². The fourth-order valence-corrected chi connectivity index (χ4v) is 4.54. The molecule has 0 radical (unpaired) electrons. The maximum atomic E-state index is 13.7. The van der Waals surface area contributed by atoms with Crippen molar-refractivity contribution in [3.8, 4) is 17.0 Å². The minimum Gasteiger partial charge on any atom is -0.492 e. The summed E-state index contributed by atoms with van der Waals surface area (Å²) in [4.78, 5) is 22.8. The van der Waals surface area contributed by atoms with Crippen molar-refractivity contribution in [3.63, 3.8) is 0 Å². The number of pyridine rings is 1. The van der Waals surface area contributed by atoms with Crippen LogP contribution >= 0.6 is 0 Å². The van der Waals surface area contributed by atoms with E-state index in [1.165, 1.54) is 5.56 Å². The average Bonchev–Trinajstić information content (AvgIpc) is 2.89. The first-order chi connectivity index (χ1) is 16.6. The van der Waals surface area contributed by atoms with Crippen LogP contribution < -0.4 is 9.64 Å². The molecule has 0 aliphatic carbocycles. The van der Waals surface area contributed by atoms with Crippen LogP contribution in [-0.4, -0.2) is 48.6 Å². The van der Waals surface area contributed by atoms with Crippen molar-refractivity contribution >= 4 is 22.5 Å². The molecule has 4 aromatic rings. The third-order valence-electron chi connectivity index (χ3n) is 6.37. The molecule has 5 nitrogen and oxygen atoms in total.